The minimum Gasteiger partial charge on any atom is -0.486 e. The fraction of sp³-hybridized carbons (Fsp3) is 0.543. The molecule has 0 aromatic carbocycles. The van der Waals surface area contributed by atoms with Gasteiger partial charge in [0.05, 0.1) is 34.4 Å². The third-order valence-electron chi connectivity index (χ3n) is 9.73. The molecule has 3 aromatic heterocycles. The predicted molar refractivity (Wildman–Crippen MR) is 190 cm³/mol. The van der Waals surface area contributed by atoms with Gasteiger partial charge < -0.3 is 25.0 Å². The van der Waals surface area contributed by atoms with Gasteiger partial charge in [-0.3, -0.25) is 23.7 Å². The van der Waals surface area contributed by atoms with Crippen LogP contribution in [0.4, 0.5) is 28.0 Å². The van der Waals surface area contributed by atoms with Gasteiger partial charge in [-0.25, -0.2) is 9.18 Å². The molecule has 2 N–H and O–H groups in total. The number of ether oxygens (including phenoxy) is 2. The van der Waals surface area contributed by atoms with Gasteiger partial charge in [0.25, 0.3) is 11.1 Å². The van der Waals surface area contributed by atoms with Crippen molar-refractivity contribution in [2.45, 2.75) is 95.6 Å². The zero-order valence-corrected chi connectivity index (χ0v) is 30.8. The van der Waals surface area contributed by atoms with Gasteiger partial charge in [0, 0.05) is 56.3 Å². The minimum atomic E-state index is -5.22. The van der Waals surface area contributed by atoms with Crippen molar-refractivity contribution < 1.29 is 31.8 Å². The molecule has 11 nitrogen and oxygen atoms in total. The Labute approximate surface area is 306 Å². The summed E-state index contributed by atoms with van der Waals surface area (Å²) in [4.78, 5) is 50.4. The van der Waals surface area contributed by atoms with Crippen LogP contribution >= 0.6 is 23.2 Å². The highest BCUT2D eigenvalue weighted by molar-refractivity contribution is 6.31. The van der Waals surface area contributed by atoms with Crippen LogP contribution in [0.3, 0.4) is 0 Å². The zero-order valence-electron chi connectivity index (χ0n) is 29.3. The lowest BCUT2D eigenvalue weighted by Crippen LogP contribution is -2.55. The predicted octanol–water partition coefficient (Wildman–Crippen LogP) is 6.20. The Hall–Kier alpha value is -3.82. The molecule has 6 rings (SSSR count). The Morgan fingerprint density at radius 3 is 2.33 bits per heavy atom. The van der Waals surface area contributed by atoms with E-state index in [1.807, 2.05) is 13.8 Å². The number of fused-ring (bicyclic) bond motifs is 5. The molecule has 1 unspecified atom stereocenters. The summed E-state index contributed by atoms with van der Waals surface area (Å²) in [5.74, 6) is -1.48. The number of alkyl halides is 4. The summed E-state index contributed by atoms with van der Waals surface area (Å²) >= 11 is 12.5. The molecule has 0 radical (unpaired) electrons. The maximum Gasteiger partial charge on any atom is 0.431 e. The van der Waals surface area contributed by atoms with Crippen molar-refractivity contribution in [2.24, 2.45) is 5.73 Å². The highest BCUT2D eigenvalue weighted by atomic mass is 35.5. The number of hydrogen-bond donors (Lipinski definition) is 1. The highest BCUT2D eigenvalue weighted by Crippen LogP contribution is 2.45. The average Bonchev–Trinajstić information content (AvgIpc) is 3.27. The van der Waals surface area contributed by atoms with E-state index in [-0.39, 0.29) is 66.2 Å². The van der Waals surface area contributed by atoms with Crippen LogP contribution in [0.15, 0.2) is 38.9 Å². The number of allylic oxidation sites excluding steroid dienone is 1. The third kappa shape index (κ3) is 6.53. The van der Waals surface area contributed by atoms with Gasteiger partial charge in [0.2, 0.25) is 5.75 Å². The summed E-state index contributed by atoms with van der Waals surface area (Å²) in [5.41, 5.74) is 2.71. The first-order chi connectivity index (χ1) is 24.4. The standard InChI is InChI=1S/C35H40Cl2F4N6O5/c1-6-17-14-43-15-18(7-2)26(17)47-28-20(12-23(35(39,40)41)46(31(28)48)29-24(38)21(36)13-22(37)25(29)42)27-30(32(47)49)51-11-8-19-16-44(9-10-45(19)27)33(50)52-34(3,4)5/h12,14-15,19,22,25,29H,6-11,13,16,42H2,1-5H3/t19-,22+,25+,29?/m0/s1. The fourth-order valence-corrected chi connectivity index (χ4v) is 7.96. The first-order valence-electron chi connectivity index (χ1n) is 17.1. The largest absolute Gasteiger partial charge is 0.486 e. The van der Waals surface area contributed by atoms with E-state index in [0.717, 1.165) is 10.6 Å². The van der Waals surface area contributed by atoms with E-state index in [1.54, 1.807) is 25.7 Å². The summed E-state index contributed by atoms with van der Waals surface area (Å²) in [6.45, 7) is 9.10. The van der Waals surface area contributed by atoms with Gasteiger partial charge in [-0.1, -0.05) is 25.4 Å². The number of aromatic nitrogens is 3. The second-order valence-corrected chi connectivity index (χ2v) is 15.2. The summed E-state index contributed by atoms with van der Waals surface area (Å²) in [5, 5.41) is -1.81. The Bertz CT molecular complexity index is 2060. The van der Waals surface area contributed by atoms with Crippen molar-refractivity contribution in [1.29, 1.82) is 0 Å². The SMILES string of the molecule is CCc1cncc(CC)c1-n1c(=O)c2c(c3cc(C(F)(F)F)n(C4C(F)=C(Cl)C[C@@H](Cl)[C@H]4N)c(=O)c31)N1CCN(C(=O)OC(C)(C)C)C[C@@H]1CCO2. The number of carbonyl (C=O) groups is 1. The number of rotatable bonds is 4. The number of carbonyl (C=O) groups excluding carboxylic acids is 1. The second kappa shape index (κ2) is 13.9. The Morgan fingerprint density at radius 1 is 1.08 bits per heavy atom. The molecule has 3 aromatic rings. The number of piperazine rings is 1. The highest BCUT2D eigenvalue weighted by Gasteiger charge is 2.46. The zero-order chi connectivity index (χ0) is 38.0. The Kier molecular flexibility index (Phi) is 10.1. The molecule has 0 spiro atoms. The lowest BCUT2D eigenvalue weighted by molar-refractivity contribution is -0.144. The molecule has 0 bridgehead atoms. The van der Waals surface area contributed by atoms with Gasteiger partial charge in [0.15, 0.2) is 0 Å². The number of aryl methyl sites for hydroxylation is 2. The van der Waals surface area contributed by atoms with E-state index < -0.39 is 74.6 Å². The molecule has 1 amide bonds. The summed E-state index contributed by atoms with van der Waals surface area (Å²) < 4.78 is 74.6. The van der Waals surface area contributed by atoms with Crippen molar-refractivity contribution in [3.8, 4) is 11.4 Å². The number of pyridine rings is 3. The average molecular weight is 772 g/mol. The van der Waals surface area contributed by atoms with Gasteiger partial charge >= 0.3 is 12.3 Å². The number of nitrogens with zero attached hydrogens (tertiary/aromatic N) is 5. The van der Waals surface area contributed by atoms with Crippen LogP contribution in [0.25, 0.3) is 16.6 Å². The molecule has 2 aliphatic heterocycles. The molecule has 1 aliphatic carbocycles. The minimum absolute atomic E-state index is 0.0135. The number of amides is 1. The van der Waals surface area contributed by atoms with Crippen molar-refractivity contribution >= 4 is 45.9 Å². The lowest BCUT2D eigenvalue weighted by atomic mass is 9.94. The number of hydrogen-bond acceptors (Lipinski definition) is 8. The molecule has 1 saturated heterocycles. The Morgan fingerprint density at radius 2 is 1.73 bits per heavy atom. The summed E-state index contributed by atoms with van der Waals surface area (Å²) in [6, 6.07) is -3.32. The number of nitrogens with two attached hydrogens (primary N) is 1. The van der Waals surface area contributed by atoms with Gasteiger partial charge in [-0.15, -0.1) is 11.6 Å². The van der Waals surface area contributed by atoms with E-state index in [1.165, 1.54) is 17.3 Å². The summed E-state index contributed by atoms with van der Waals surface area (Å²) in [6.07, 6.45) is -2.01. The van der Waals surface area contributed by atoms with E-state index in [2.05, 4.69) is 4.98 Å². The first kappa shape index (κ1) is 37.9. The van der Waals surface area contributed by atoms with E-state index in [0.29, 0.717) is 24.0 Å². The third-order valence-corrected chi connectivity index (χ3v) is 10.5. The second-order valence-electron chi connectivity index (χ2n) is 14.2. The molecule has 3 aliphatic rings. The molecule has 52 heavy (non-hydrogen) atoms. The van der Waals surface area contributed by atoms with Crippen molar-refractivity contribution in [2.75, 3.05) is 31.1 Å². The first-order valence-corrected chi connectivity index (χ1v) is 17.9. The molecule has 1 fully saturated rings. The van der Waals surface area contributed by atoms with Gasteiger partial charge in [0.1, 0.15) is 28.7 Å². The van der Waals surface area contributed by atoms with Gasteiger partial charge in [-0.2, -0.15) is 13.2 Å². The number of anilines is 1. The molecular weight excluding hydrogens is 731 g/mol. The van der Waals surface area contributed by atoms with E-state index in [4.69, 9.17) is 38.4 Å². The van der Waals surface area contributed by atoms with E-state index >= 15 is 17.6 Å². The molecule has 0 saturated carbocycles. The van der Waals surface area contributed by atoms with Crippen LogP contribution < -0.4 is 26.5 Å². The topological polar surface area (TPSA) is 125 Å². The van der Waals surface area contributed by atoms with Crippen molar-refractivity contribution in [1.82, 2.24) is 19.0 Å². The van der Waals surface area contributed by atoms with Crippen LogP contribution in [-0.4, -0.2) is 74.4 Å². The maximum atomic E-state index is 15.9. The Balaban J connectivity index is 1.73. The maximum absolute atomic E-state index is 15.9. The van der Waals surface area contributed by atoms with Crippen LogP contribution in [0.1, 0.15) is 70.3 Å². The molecular formula is C35H40Cl2F4N6O5. The normalized spacial score (nSPS) is 22.5. The molecule has 282 valence electrons. The summed E-state index contributed by atoms with van der Waals surface area (Å²) in [7, 11) is 0. The van der Waals surface area contributed by atoms with E-state index in [9.17, 15) is 14.4 Å². The molecule has 5 heterocycles. The monoisotopic (exact) mass is 770 g/mol. The molecule has 4 atom stereocenters. The lowest BCUT2D eigenvalue weighted by Gasteiger charge is -2.42. The number of halogens is 6. The van der Waals surface area contributed by atoms with Crippen LogP contribution in [0.5, 0.6) is 5.75 Å². The van der Waals surface area contributed by atoms with Crippen LogP contribution in [0, 0.1) is 0 Å². The smallest absolute Gasteiger partial charge is 0.431 e. The quantitative estimate of drug-likeness (QED) is 0.246. The molecule has 17 heteroatoms. The van der Waals surface area contributed by atoms with Crippen molar-refractivity contribution in [3.63, 3.8) is 0 Å². The fourth-order valence-electron chi connectivity index (χ4n) is 7.31. The van der Waals surface area contributed by atoms with Crippen molar-refractivity contribution in [3.05, 3.63) is 66.8 Å². The van der Waals surface area contributed by atoms with Crippen LogP contribution in [-0.2, 0) is 23.8 Å². The van der Waals surface area contributed by atoms with Crippen LogP contribution in [0.2, 0.25) is 0 Å². The van der Waals surface area contributed by atoms with Gasteiger partial charge in [-0.05, 0) is 50.8 Å².